The molecule has 6 rings (SSSR count). The molecule has 1 aliphatic heterocycles. The maximum Gasteiger partial charge on any atom is 0.272 e. The summed E-state index contributed by atoms with van der Waals surface area (Å²) in [5, 5.41) is 8.67. The summed E-state index contributed by atoms with van der Waals surface area (Å²) < 4.78 is 10.8. The van der Waals surface area contributed by atoms with E-state index in [9.17, 15) is 14.4 Å². The number of carbonyl (C=O) groups is 3. The van der Waals surface area contributed by atoms with Crippen molar-refractivity contribution in [2.75, 3.05) is 17.4 Å². The van der Waals surface area contributed by atoms with Crippen LogP contribution < -0.4 is 25.4 Å². The summed E-state index contributed by atoms with van der Waals surface area (Å²) in [7, 11) is 0. The number of rotatable bonds is 10. The molecule has 8 nitrogen and oxygen atoms in total. The van der Waals surface area contributed by atoms with Crippen molar-refractivity contribution in [3.8, 4) is 11.5 Å². The fourth-order valence-corrected chi connectivity index (χ4v) is 6.33. The summed E-state index contributed by atoms with van der Waals surface area (Å²) in [5.74, 6) is -0.104. The van der Waals surface area contributed by atoms with Gasteiger partial charge in [0.05, 0.1) is 0 Å². The van der Waals surface area contributed by atoms with E-state index in [2.05, 4.69) is 16.0 Å². The second kappa shape index (κ2) is 15.1. The molecule has 0 aliphatic carbocycles. The maximum atomic E-state index is 13.7. The zero-order valence-corrected chi connectivity index (χ0v) is 27.4. The topological polar surface area (TPSA) is 106 Å². The van der Waals surface area contributed by atoms with Gasteiger partial charge in [-0.2, -0.15) is 0 Å². The zero-order valence-electron chi connectivity index (χ0n) is 25.1. The number of hydrogen-bond acceptors (Lipinski definition) is 6. The molecule has 1 heterocycles. The van der Waals surface area contributed by atoms with Crippen LogP contribution in [0.4, 0.5) is 11.4 Å². The van der Waals surface area contributed by atoms with Crippen molar-refractivity contribution in [2.24, 2.45) is 0 Å². The van der Waals surface area contributed by atoms with Crippen molar-refractivity contribution in [3.05, 3.63) is 154 Å². The van der Waals surface area contributed by atoms with Gasteiger partial charge in [-0.3, -0.25) is 14.4 Å². The summed E-state index contributed by atoms with van der Waals surface area (Å²) in [6.07, 6.45) is 1.49. The average molecular weight is 697 g/mol. The predicted octanol–water partition coefficient (Wildman–Crippen LogP) is 8.60. The summed E-state index contributed by atoms with van der Waals surface area (Å²) >= 11 is 13.8. The Kier molecular flexibility index (Phi) is 10.3. The van der Waals surface area contributed by atoms with E-state index in [4.69, 9.17) is 32.7 Å². The molecule has 3 amide bonds. The van der Waals surface area contributed by atoms with E-state index in [1.165, 1.54) is 17.8 Å². The molecule has 0 aromatic heterocycles. The summed E-state index contributed by atoms with van der Waals surface area (Å²) in [4.78, 5) is 41.1. The summed E-state index contributed by atoms with van der Waals surface area (Å²) in [6.45, 7) is 0.133. The second-order valence-corrected chi connectivity index (χ2v) is 12.5. The smallest absolute Gasteiger partial charge is 0.272 e. The van der Waals surface area contributed by atoms with Gasteiger partial charge >= 0.3 is 0 Å². The first-order valence-corrected chi connectivity index (χ1v) is 16.3. The van der Waals surface area contributed by atoms with Crippen molar-refractivity contribution in [2.45, 2.75) is 10.1 Å². The molecule has 1 aliphatic rings. The monoisotopic (exact) mass is 695 g/mol. The van der Waals surface area contributed by atoms with Gasteiger partial charge in [0.25, 0.3) is 11.8 Å². The Morgan fingerprint density at radius 2 is 1.46 bits per heavy atom. The maximum absolute atomic E-state index is 13.7. The molecular formula is C37H27Cl2N3O5S. The van der Waals surface area contributed by atoms with Gasteiger partial charge in [-0.15, -0.1) is 11.8 Å². The summed E-state index contributed by atoms with van der Waals surface area (Å²) in [6, 6.07) is 35.1. The molecular weight excluding hydrogens is 669 g/mol. The minimum atomic E-state index is -0.629. The van der Waals surface area contributed by atoms with Crippen LogP contribution in [0.2, 0.25) is 10.0 Å². The van der Waals surface area contributed by atoms with Gasteiger partial charge in [-0.1, -0.05) is 83.9 Å². The Morgan fingerprint density at radius 1 is 0.729 bits per heavy atom. The molecule has 240 valence electrons. The lowest BCUT2D eigenvalue weighted by molar-refractivity contribution is -0.116. The third-order valence-electron chi connectivity index (χ3n) is 7.12. The number of thioether (sulfide) groups is 1. The molecule has 0 spiro atoms. The number of anilines is 2. The molecule has 48 heavy (non-hydrogen) atoms. The van der Waals surface area contributed by atoms with Gasteiger partial charge in [0.15, 0.2) is 11.5 Å². The van der Waals surface area contributed by atoms with Crippen LogP contribution in [0.3, 0.4) is 0 Å². The third kappa shape index (κ3) is 8.19. The van der Waals surface area contributed by atoms with Crippen LogP contribution >= 0.6 is 35.0 Å². The highest BCUT2D eigenvalue weighted by molar-refractivity contribution is 8.00. The normalized spacial score (nSPS) is 12.6. The quantitative estimate of drug-likeness (QED) is 0.0998. The van der Waals surface area contributed by atoms with Crippen molar-refractivity contribution in [1.29, 1.82) is 0 Å². The first kappa shape index (κ1) is 32.7. The van der Waals surface area contributed by atoms with Crippen LogP contribution in [0.5, 0.6) is 11.5 Å². The minimum Gasteiger partial charge on any atom is -0.454 e. The molecule has 5 aromatic rings. The molecule has 0 fully saturated rings. The number of amides is 3. The van der Waals surface area contributed by atoms with E-state index in [0.29, 0.717) is 44.0 Å². The van der Waals surface area contributed by atoms with Crippen LogP contribution in [0.25, 0.3) is 6.08 Å². The van der Waals surface area contributed by atoms with Crippen molar-refractivity contribution in [3.63, 3.8) is 0 Å². The van der Waals surface area contributed by atoms with Crippen LogP contribution in [0, 0.1) is 0 Å². The first-order valence-electron chi connectivity index (χ1n) is 14.7. The molecule has 1 unspecified atom stereocenters. The molecule has 0 saturated carbocycles. The molecule has 11 heteroatoms. The predicted molar refractivity (Wildman–Crippen MR) is 190 cm³/mol. The Bertz CT molecular complexity index is 2010. The molecule has 5 aromatic carbocycles. The van der Waals surface area contributed by atoms with Crippen LogP contribution in [-0.2, 0) is 9.59 Å². The molecule has 0 radical (unpaired) electrons. The SMILES string of the molecule is O=C(Nc1cccc(SC(C(=O)Nc2ccc3c(c2)OCO3)c2ccccc2)c1)/C(=C\c1ccc(Cl)cc1Cl)NC(=O)c1ccccc1. The van der Waals surface area contributed by atoms with E-state index in [1.807, 2.05) is 36.4 Å². The molecule has 1 atom stereocenters. The van der Waals surface area contributed by atoms with Gasteiger partial charge in [-0.05, 0) is 71.8 Å². The Balaban J connectivity index is 1.23. The number of halogens is 2. The van der Waals surface area contributed by atoms with Crippen LogP contribution in [-0.4, -0.2) is 24.5 Å². The summed E-state index contributed by atoms with van der Waals surface area (Å²) in [5.41, 5.74) is 2.66. The van der Waals surface area contributed by atoms with Gasteiger partial charge < -0.3 is 25.4 Å². The number of nitrogens with one attached hydrogen (secondary N) is 3. The van der Waals surface area contributed by atoms with Crippen molar-refractivity contribution >= 4 is 70.1 Å². The lowest BCUT2D eigenvalue weighted by atomic mass is 10.1. The van der Waals surface area contributed by atoms with Gasteiger partial charge in [0.1, 0.15) is 10.9 Å². The van der Waals surface area contributed by atoms with Gasteiger partial charge in [-0.25, -0.2) is 0 Å². The Labute approximate surface area is 291 Å². The van der Waals surface area contributed by atoms with Gasteiger partial charge in [0.2, 0.25) is 12.7 Å². The van der Waals surface area contributed by atoms with E-state index in [1.54, 1.807) is 84.9 Å². The molecule has 0 bridgehead atoms. The standard InChI is InChI=1S/C37H27Cl2N3O5S/c38-26-15-14-25(30(39)19-26)18-31(42-35(43)24-10-5-2-6-11-24)36(44)40-27-12-7-13-29(20-27)48-34(23-8-3-1-4-9-23)37(45)41-28-16-17-32-33(21-28)47-22-46-32/h1-21,34H,22H2,(H,40,44)(H,41,45)(H,42,43)/b31-18+. The number of carbonyl (C=O) groups excluding carboxylic acids is 3. The van der Waals surface area contributed by atoms with E-state index >= 15 is 0 Å². The van der Waals surface area contributed by atoms with E-state index in [-0.39, 0.29) is 18.4 Å². The van der Waals surface area contributed by atoms with E-state index in [0.717, 1.165) is 10.5 Å². The molecule has 3 N–H and O–H groups in total. The van der Waals surface area contributed by atoms with Crippen molar-refractivity contribution < 1.29 is 23.9 Å². The highest BCUT2D eigenvalue weighted by atomic mass is 35.5. The van der Waals surface area contributed by atoms with Crippen molar-refractivity contribution in [1.82, 2.24) is 5.32 Å². The minimum absolute atomic E-state index is 0.0311. The number of hydrogen-bond donors (Lipinski definition) is 3. The average Bonchev–Trinajstić information content (AvgIpc) is 3.57. The lowest BCUT2D eigenvalue weighted by Crippen LogP contribution is -2.30. The van der Waals surface area contributed by atoms with Gasteiger partial charge in [0, 0.05) is 37.9 Å². The highest BCUT2D eigenvalue weighted by Gasteiger charge is 2.24. The zero-order chi connectivity index (χ0) is 33.5. The van der Waals surface area contributed by atoms with Crippen LogP contribution in [0.1, 0.15) is 26.7 Å². The first-order chi connectivity index (χ1) is 23.3. The van der Waals surface area contributed by atoms with E-state index < -0.39 is 17.1 Å². The fourth-order valence-electron chi connectivity index (χ4n) is 4.78. The highest BCUT2D eigenvalue weighted by Crippen LogP contribution is 2.39. The third-order valence-corrected chi connectivity index (χ3v) is 8.93. The lowest BCUT2D eigenvalue weighted by Gasteiger charge is -2.18. The Hall–Kier alpha value is -5.22. The molecule has 0 saturated heterocycles. The number of ether oxygens (including phenoxy) is 2. The Morgan fingerprint density at radius 3 is 2.23 bits per heavy atom. The fraction of sp³-hybridized carbons (Fsp3) is 0.0541. The number of fused-ring (bicyclic) bond motifs is 1. The number of benzene rings is 5. The van der Waals surface area contributed by atoms with Crippen LogP contribution in [0.15, 0.2) is 132 Å². The largest absolute Gasteiger partial charge is 0.454 e. The second-order valence-electron chi connectivity index (χ2n) is 10.5.